The third kappa shape index (κ3) is 4.24. The number of aromatic nitrogens is 2. The van der Waals surface area contributed by atoms with E-state index in [1.54, 1.807) is 13.1 Å². The van der Waals surface area contributed by atoms with Crippen LogP contribution < -0.4 is 16.1 Å². The minimum absolute atomic E-state index is 0.142. The van der Waals surface area contributed by atoms with Gasteiger partial charge < -0.3 is 10.0 Å². The lowest BCUT2D eigenvalue weighted by Crippen LogP contribution is -2.42. The maximum absolute atomic E-state index is 13.3. The van der Waals surface area contributed by atoms with Gasteiger partial charge in [0.15, 0.2) is 0 Å². The molecule has 0 amide bonds. The lowest BCUT2D eigenvalue weighted by molar-refractivity contribution is -0.137. The highest BCUT2D eigenvalue weighted by Gasteiger charge is 2.35. The molecule has 0 radical (unpaired) electrons. The topological polar surface area (TPSA) is 102 Å². The molecule has 0 fully saturated rings. The van der Waals surface area contributed by atoms with Crippen LogP contribution in [0.5, 0.6) is 0 Å². The summed E-state index contributed by atoms with van der Waals surface area (Å²) >= 11 is 5.93. The molecule has 13 heteroatoms. The highest BCUT2D eigenvalue weighted by Crippen LogP contribution is 2.37. The van der Waals surface area contributed by atoms with Crippen molar-refractivity contribution in [3.63, 3.8) is 0 Å². The predicted molar refractivity (Wildman–Crippen MR) is 128 cm³/mol. The zero-order chi connectivity index (χ0) is 26.5. The van der Waals surface area contributed by atoms with Crippen molar-refractivity contribution in [1.29, 1.82) is 0 Å². The van der Waals surface area contributed by atoms with Crippen LogP contribution in [0.4, 0.5) is 18.9 Å². The number of alkyl halides is 3. The van der Waals surface area contributed by atoms with E-state index in [0.717, 1.165) is 22.9 Å². The Morgan fingerprint density at radius 1 is 1.19 bits per heavy atom. The molecule has 8 nitrogen and oxygen atoms in total. The molecule has 1 aromatic heterocycles. The lowest BCUT2D eigenvalue weighted by atomic mass is 10.1. The molecule has 1 N–H and O–H groups in total. The fraction of sp³-hybridized carbons (Fsp3) is 0.261. The van der Waals surface area contributed by atoms with E-state index in [4.69, 9.17) is 11.6 Å². The minimum atomic E-state index is -4.77. The first kappa shape index (κ1) is 25.7. The fourth-order valence-corrected chi connectivity index (χ4v) is 6.08. The molecule has 0 bridgehead atoms. The molecular weight excluding hydrogens is 523 g/mol. The molecule has 2 atom stereocenters. The molecule has 36 heavy (non-hydrogen) atoms. The Morgan fingerprint density at radius 2 is 1.89 bits per heavy atom. The number of halogens is 4. The van der Waals surface area contributed by atoms with Crippen molar-refractivity contribution in [1.82, 2.24) is 9.13 Å². The predicted octanol–water partition coefficient (Wildman–Crippen LogP) is 3.71. The third-order valence-corrected chi connectivity index (χ3v) is 8.31. The summed E-state index contributed by atoms with van der Waals surface area (Å²) in [5.41, 5.74) is -3.50. The van der Waals surface area contributed by atoms with Gasteiger partial charge in [-0.1, -0.05) is 30.7 Å². The number of carboxylic acids is 1. The van der Waals surface area contributed by atoms with Gasteiger partial charge in [0.1, 0.15) is 10.9 Å². The van der Waals surface area contributed by atoms with E-state index < -0.39 is 56.9 Å². The molecule has 2 unspecified atom stereocenters. The number of hydrogen-bond donors (Lipinski definition) is 1. The zero-order valence-electron chi connectivity index (χ0n) is 18.9. The van der Waals surface area contributed by atoms with Gasteiger partial charge in [0, 0.05) is 13.2 Å². The fourth-order valence-electron chi connectivity index (χ4n) is 4.14. The lowest BCUT2D eigenvalue weighted by Gasteiger charge is -2.19. The average molecular weight is 542 g/mol. The molecule has 4 rings (SSSR count). The van der Waals surface area contributed by atoms with Crippen molar-refractivity contribution in [2.24, 2.45) is 0 Å². The molecule has 3 aromatic rings. The van der Waals surface area contributed by atoms with E-state index >= 15 is 0 Å². The van der Waals surface area contributed by atoms with Crippen LogP contribution in [0, 0.1) is 0 Å². The van der Waals surface area contributed by atoms with E-state index in [-0.39, 0.29) is 16.6 Å². The summed E-state index contributed by atoms with van der Waals surface area (Å²) < 4.78 is 54.2. The molecule has 0 spiro atoms. The Labute approximate surface area is 209 Å². The summed E-state index contributed by atoms with van der Waals surface area (Å²) in [5.74, 6) is -1.63. The highest BCUT2D eigenvalue weighted by molar-refractivity contribution is 7.86. The van der Waals surface area contributed by atoms with Gasteiger partial charge >= 0.3 is 17.8 Å². The van der Waals surface area contributed by atoms with Crippen LogP contribution >= 0.6 is 11.6 Å². The van der Waals surface area contributed by atoms with Crippen molar-refractivity contribution >= 4 is 34.1 Å². The van der Waals surface area contributed by atoms with Gasteiger partial charge in [-0.25, -0.2) is 9.59 Å². The first-order chi connectivity index (χ1) is 16.9. The van der Waals surface area contributed by atoms with Crippen LogP contribution in [0.25, 0.3) is 5.69 Å². The Kier molecular flexibility index (Phi) is 6.60. The second-order valence-corrected chi connectivity index (χ2v) is 10.0. The van der Waals surface area contributed by atoms with Crippen molar-refractivity contribution in [3.05, 3.63) is 85.1 Å². The number of nitrogens with zero attached hydrogens (tertiary/aromatic N) is 3. The standard InChI is InChI=1S/C23H19ClF3N3O5S/c1-3-18-28(2)16-8-7-13(9-17(16)36(18)35)29-11-14(21(32)33)20(31)30(22(29)34)10-12-5-4-6-15(19(12)24)23(25,26)27/h4-9,11,18H,3,10H2,1-2H3,(H,32,33). The SMILES string of the molecule is CCC1N(C)c2ccc(-n3cc(C(=O)O)c(=O)n(Cc4cccc(C(F)(F)F)c4Cl)c3=O)cc2S1=O. The molecule has 190 valence electrons. The quantitative estimate of drug-likeness (QED) is 0.528. The first-order valence-electron chi connectivity index (χ1n) is 10.6. The van der Waals surface area contributed by atoms with Gasteiger partial charge in [-0.05, 0) is 36.2 Å². The van der Waals surface area contributed by atoms with Gasteiger partial charge in [0.25, 0.3) is 5.56 Å². The van der Waals surface area contributed by atoms with Crippen molar-refractivity contribution in [2.75, 3.05) is 11.9 Å². The highest BCUT2D eigenvalue weighted by atomic mass is 35.5. The summed E-state index contributed by atoms with van der Waals surface area (Å²) in [5, 5.41) is 8.58. The Hall–Kier alpha value is -3.38. The normalized spacial score (nSPS) is 17.3. The molecule has 0 saturated carbocycles. The molecule has 2 aromatic carbocycles. The van der Waals surface area contributed by atoms with Crippen molar-refractivity contribution < 1.29 is 27.3 Å². The molecule has 1 aliphatic heterocycles. The van der Waals surface area contributed by atoms with Crippen LogP contribution in [0.15, 0.2) is 57.1 Å². The zero-order valence-corrected chi connectivity index (χ0v) is 20.4. The second kappa shape index (κ2) is 9.25. The summed E-state index contributed by atoms with van der Waals surface area (Å²) in [7, 11) is 0.359. The maximum Gasteiger partial charge on any atom is 0.417 e. The van der Waals surface area contributed by atoms with E-state index in [1.807, 2.05) is 11.8 Å². The van der Waals surface area contributed by atoms with Crippen LogP contribution in [-0.2, 0) is 23.5 Å². The minimum Gasteiger partial charge on any atom is -0.477 e. The Balaban J connectivity index is 1.90. The van der Waals surface area contributed by atoms with Crippen LogP contribution in [0.2, 0.25) is 5.02 Å². The Bertz CT molecular complexity index is 1530. The van der Waals surface area contributed by atoms with Gasteiger partial charge in [0.05, 0.1) is 44.2 Å². The van der Waals surface area contributed by atoms with Crippen LogP contribution in [0.1, 0.15) is 34.8 Å². The van der Waals surface area contributed by atoms with Crippen LogP contribution in [-0.4, -0.2) is 36.8 Å². The van der Waals surface area contributed by atoms with Gasteiger partial charge in [-0.3, -0.25) is 18.1 Å². The number of carboxylic acid groups (broad SMARTS) is 1. The van der Waals surface area contributed by atoms with Gasteiger partial charge in [0.2, 0.25) is 0 Å². The number of anilines is 1. The van der Waals surface area contributed by atoms with Gasteiger partial charge in [-0.2, -0.15) is 13.2 Å². The van der Waals surface area contributed by atoms with Gasteiger partial charge in [-0.15, -0.1) is 0 Å². The summed E-state index contributed by atoms with van der Waals surface area (Å²) in [6.45, 7) is 1.18. The second-order valence-electron chi connectivity index (χ2n) is 8.09. The molecule has 1 aliphatic rings. The number of hydrogen-bond acceptors (Lipinski definition) is 5. The number of benzene rings is 2. The number of fused-ring (bicyclic) bond motifs is 1. The maximum atomic E-state index is 13.3. The van der Waals surface area contributed by atoms with Crippen molar-refractivity contribution in [2.45, 2.75) is 36.3 Å². The number of rotatable bonds is 5. The molecular formula is C23H19ClF3N3O5S. The number of aromatic carboxylic acids is 1. The van der Waals surface area contributed by atoms with Crippen LogP contribution in [0.3, 0.4) is 0 Å². The molecule has 0 saturated heterocycles. The third-order valence-electron chi connectivity index (χ3n) is 5.96. The monoisotopic (exact) mass is 541 g/mol. The molecule has 2 heterocycles. The van der Waals surface area contributed by atoms with Crippen molar-refractivity contribution in [3.8, 4) is 5.69 Å². The van der Waals surface area contributed by atoms with E-state index in [0.29, 0.717) is 21.6 Å². The number of carbonyl (C=O) groups is 1. The average Bonchev–Trinajstić information content (AvgIpc) is 3.05. The summed E-state index contributed by atoms with van der Waals surface area (Å²) in [6, 6.07) is 7.64. The van der Waals surface area contributed by atoms with E-state index in [9.17, 15) is 36.9 Å². The Morgan fingerprint density at radius 3 is 2.50 bits per heavy atom. The first-order valence-corrected chi connectivity index (χ1v) is 12.2. The summed E-state index contributed by atoms with van der Waals surface area (Å²) in [4.78, 5) is 40.2. The molecule has 0 aliphatic carbocycles. The smallest absolute Gasteiger partial charge is 0.417 e. The largest absolute Gasteiger partial charge is 0.477 e. The summed E-state index contributed by atoms with van der Waals surface area (Å²) in [6.07, 6.45) is -3.33. The van der Waals surface area contributed by atoms with E-state index in [2.05, 4.69) is 0 Å². The van der Waals surface area contributed by atoms with E-state index in [1.165, 1.54) is 18.2 Å².